The summed E-state index contributed by atoms with van der Waals surface area (Å²) in [4.78, 5) is 21.1. The number of nitrogens with one attached hydrogen (secondary N) is 1. The molecule has 0 radical (unpaired) electrons. The summed E-state index contributed by atoms with van der Waals surface area (Å²) in [5.74, 6) is 0. The summed E-state index contributed by atoms with van der Waals surface area (Å²) in [5.41, 5.74) is 3.14. The van der Waals surface area contributed by atoms with E-state index >= 15 is 0 Å². The molecule has 8 nitrogen and oxygen atoms in total. The summed E-state index contributed by atoms with van der Waals surface area (Å²) in [5, 5.41) is 8.58. The first-order chi connectivity index (χ1) is 15.7. The van der Waals surface area contributed by atoms with Crippen molar-refractivity contribution in [2.75, 3.05) is 37.4 Å². The predicted molar refractivity (Wildman–Crippen MR) is 134 cm³/mol. The van der Waals surface area contributed by atoms with E-state index in [1.54, 1.807) is 6.92 Å². The van der Waals surface area contributed by atoms with Crippen LogP contribution in [0.3, 0.4) is 0 Å². The molecular formula is C23H29N5O3S2. The molecule has 0 saturated heterocycles. The number of hydrogen-bond acceptors (Lipinski definition) is 6. The molecule has 0 unspecified atom stereocenters. The summed E-state index contributed by atoms with van der Waals surface area (Å²) < 4.78 is 24.0. The lowest BCUT2D eigenvalue weighted by atomic mass is 10.1. The van der Waals surface area contributed by atoms with Crippen molar-refractivity contribution in [2.45, 2.75) is 24.0 Å². The molecule has 0 aliphatic carbocycles. The fourth-order valence-electron chi connectivity index (χ4n) is 3.28. The second kappa shape index (κ2) is 10.9. The Morgan fingerprint density at radius 1 is 1.03 bits per heavy atom. The van der Waals surface area contributed by atoms with Gasteiger partial charge in [-0.15, -0.1) is 0 Å². The normalized spacial score (nSPS) is 11.5. The van der Waals surface area contributed by atoms with Crippen molar-refractivity contribution in [3.63, 3.8) is 0 Å². The van der Waals surface area contributed by atoms with Gasteiger partial charge in [-0.25, -0.2) is 23.3 Å². The van der Waals surface area contributed by atoms with Crippen LogP contribution in [0, 0.1) is 0 Å². The van der Waals surface area contributed by atoms with Crippen LogP contribution in [0.15, 0.2) is 58.8 Å². The molecule has 33 heavy (non-hydrogen) atoms. The van der Waals surface area contributed by atoms with Crippen LogP contribution in [0.4, 0.5) is 15.6 Å². The van der Waals surface area contributed by atoms with Crippen molar-refractivity contribution in [2.24, 2.45) is 5.14 Å². The Labute approximate surface area is 199 Å². The van der Waals surface area contributed by atoms with E-state index in [-0.39, 0.29) is 10.2 Å². The molecule has 2 aromatic carbocycles. The summed E-state index contributed by atoms with van der Waals surface area (Å²) in [7, 11) is -0.00903. The van der Waals surface area contributed by atoms with Crippen LogP contribution in [-0.2, 0) is 16.4 Å². The summed E-state index contributed by atoms with van der Waals surface area (Å²) >= 11 is 0.924. The Morgan fingerprint density at radius 2 is 1.67 bits per heavy atom. The van der Waals surface area contributed by atoms with Gasteiger partial charge in [0, 0.05) is 12.2 Å². The molecule has 0 aliphatic heterocycles. The number of nitrogens with two attached hydrogens (primary N) is 1. The van der Waals surface area contributed by atoms with Crippen molar-refractivity contribution in [3.8, 4) is 11.1 Å². The van der Waals surface area contributed by atoms with Crippen LogP contribution >= 0.6 is 11.3 Å². The molecule has 2 amide bonds. The molecule has 10 heteroatoms. The van der Waals surface area contributed by atoms with Gasteiger partial charge in [0.1, 0.15) is 0 Å². The summed E-state index contributed by atoms with van der Waals surface area (Å²) in [6.07, 6.45) is 1.09. The number of amides is 2. The van der Waals surface area contributed by atoms with Crippen LogP contribution in [0.2, 0.25) is 0 Å². The van der Waals surface area contributed by atoms with Crippen LogP contribution < -0.4 is 15.4 Å². The maximum Gasteiger partial charge on any atom is 0.328 e. The van der Waals surface area contributed by atoms with Crippen LogP contribution in [-0.4, -0.2) is 51.5 Å². The number of carbonyl (C=O) groups excluding carboxylic acids is 1. The topological polar surface area (TPSA) is 109 Å². The highest BCUT2D eigenvalue weighted by molar-refractivity contribution is 7.91. The third-order valence-electron chi connectivity index (χ3n) is 4.95. The zero-order valence-electron chi connectivity index (χ0n) is 19.0. The van der Waals surface area contributed by atoms with Gasteiger partial charge in [0.2, 0.25) is 10.0 Å². The Morgan fingerprint density at radius 3 is 2.21 bits per heavy atom. The van der Waals surface area contributed by atoms with Crippen molar-refractivity contribution in [3.05, 3.63) is 60.3 Å². The van der Waals surface area contributed by atoms with E-state index < -0.39 is 10.0 Å². The first-order valence-electron chi connectivity index (χ1n) is 10.6. The highest BCUT2D eigenvalue weighted by Crippen LogP contribution is 2.31. The second-order valence-electron chi connectivity index (χ2n) is 7.81. The first kappa shape index (κ1) is 24.8. The Kier molecular flexibility index (Phi) is 8.20. The summed E-state index contributed by atoms with van der Waals surface area (Å²) in [6.45, 7) is 2.95. The first-order valence-corrected chi connectivity index (χ1v) is 13.0. The number of rotatable bonds is 9. The van der Waals surface area contributed by atoms with Crippen molar-refractivity contribution in [1.29, 1.82) is 0 Å². The number of aryl methyl sites for hydroxylation is 1. The highest BCUT2D eigenvalue weighted by atomic mass is 32.2. The number of hydrogen-bond donors (Lipinski definition) is 2. The standard InChI is InChI=1S/C23H29N5O3S2/c1-4-20-21(33(24,30)31)32-23(26-20)28(16-8-15-27(2)3)22(29)25-19-13-11-18(12-14-19)17-9-6-5-7-10-17/h5-7,9-14H,4,8,15-16H2,1-3H3,(H,25,29)(H2,24,30,31). The molecule has 3 N–H and O–H groups in total. The molecule has 0 aliphatic rings. The number of benzene rings is 2. The number of thiazole rings is 1. The number of nitrogens with zero attached hydrogens (tertiary/aromatic N) is 3. The highest BCUT2D eigenvalue weighted by Gasteiger charge is 2.25. The van der Waals surface area contributed by atoms with E-state index in [9.17, 15) is 13.2 Å². The molecule has 1 heterocycles. The van der Waals surface area contributed by atoms with E-state index in [1.165, 1.54) is 4.90 Å². The maximum atomic E-state index is 13.2. The number of carbonyl (C=O) groups is 1. The van der Waals surface area contributed by atoms with Gasteiger partial charge in [0.05, 0.1) is 5.69 Å². The SMILES string of the molecule is CCc1nc(N(CCCN(C)C)C(=O)Nc2ccc(-c3ccccc3)cc2)sc1S(N)(=O)=O. The molecule has 0 fully saturated rings. The van der Waals surface area contributed by atoms with Crippen molar-refractivity contribution in [1.82, 2.24) is 9.88 Å². The van der Waals surface area contributed by atoms with Crippen LogP contribution in [0.5, 0.6) is 0 Å². The van der Waals surface area contributed by atoms with Crippen molar-refractivity contribution < 1.29 is 13.2 Å². The Bertz CT molecular complexity index is 1180. The van der Waals surface area contributed by atoms with E-state index in [1.807, 2.05) is 73.6 Å². The van der Waals surface area contributed by atoms with Crippen molar-refractivity contribution >= 4 is 38.2 Å². The van der Waals surface area contributed by atoms with E-state index in [2.05, 4.69) is 10.3 Å². The smallest absolute Gasteiger partial charge is 0.309 e. The lowest BCUT2D eigenvalue weighted by Gasteiger charge is -2.21. The average molecular weight is 488 g/mol. The Hall–Kier alpha value is -2.79. The van der Waals surface area contributed by atoms with Gasteiger partial charge >= 0.3 is 6.03 Å². The fourth-order valence-corrected chi connectivity index (χ4v) is 5.40. The molecule has 176 valence electrons. The number of aromatic nitrogens is 1. The molecule has 0 atom stereocenters. The minimum atomic E-state index is -3.92. The summed E-state index contributed by atoms with van der Waals surface area (Å²) in [6, 6.07) is 17.2. The van der Waals surface area contributed by atoms with E-state index in [4.69, 9.17) is 5.14 Å². The zero-order chi connectivity index (χ0) is 24.0. The quantitative estimate of drug-likeness (QED) is 0.474. The van der Waals surface area contributed by atoms with Gasteiger partial charge in [-0.3, -0.25) is 4.90 Å². The minimum absolute atomic E-state index is 0.00220. The van der Waals surface area contributed by atoms with Gasteiger partial charge in [-0.05, 0) is 56.7 Å². The number of anilines is 2. The minimum Gasteiger partial charge on any atom is -0.309 e. The Balaban J connectivity index is 1.83. The van der Waals surface area contributed by atoms with Crippen LogP contribution in [0.1, 0.15) is 19.0 Å². The molecule has 0 saturated carbocycles. The van der Waals surface area contributed by atoms with Gasteiger partial charge in [-0.1, -0.05) is 60.7 Å². The number of primary sulfonamides is 1. The second-order valence-corrected chi connectivity index (χ2v) is 10.5. The zero-order valence-corrected chi connectivity index (χ0v) is 20.6. The molecule has 1 aromatic heterocycles. The molecule has 3 rings (SSSR count). The molecule has 3 aromatic rings. The van der Waals surface area contributed by atoms with Gasteiger partial charge in [0.15, 0.2) is 9.34 Å². The van der Waals surface area contributed by atoms with Crippen LogP contribution in [0.25, 0.3) is 11.1 Å². The average Bonchev–Trinajstić information content (AvgIpc) is 3.22. The lowest BCUT2D eigenvalue weighted by Crippen LogP contribution is -2.36. The molecular weight excluding hydrogens is 458 g/mol. The van der Waals surface area contributed by atoms with Gasteiger partial charge in [0.25, 0.3) is 0 Å². The van der Waals surface area contributed by atoms with E-state index in [0.717, 1.165) is 29.0 Å². The largest absolute Gasteiger partial charge is 0.328 e. The third kappa shape index (κ3) is 6.61. The molecule has 0 spiro atoms. The monoisotopic (exact) mass is 487 g/mol. The van der Waals surface area contributed by atoms with Gasteiger partial charge < -0.3 is 10.2 Å². The maximum absolute atomic E-state index is 13.2. The third-order valence-corrected chi connectivity index (χ3v) is 7.56. The van der Waals surface area contributed by atoms with Gasteiger partial charge in [-0.2, -0.15) is 0 Å². The lowest BCUT2D eigenvalue weighted by molar-refractivity contribution is 0.256. The number of sulfonamides is 1. The number of urea groups is 1. The molecule has 0 bridgehead atoms. The predicted octanol–water partition coefficient (Wildman–Crippen LogP) is 4.01. The van der Waals surface area contributed by atoms with E-state index in [0.29, 0.717) is 35.9 Å². The fraction of sp³-hybridized carbons (Fsp3) is 0.304.